The predicted molar refractivity (Wildman–Crippen MR) is 91.4 cm³/mol. The molecule has 1 saturated heterocycles. The number of rotatable bonds is 5. The van der Waals surface area contributed by atoms with Gasteiger partial charge in [-0.1, -0.05) is 37.3 Å². The van der Waals surface area contributed by atoms with Crippen molar-refractivity contribution in [3.8, 4) is 0 Å². The molecule has 1 aromatic carbocycles. The third-order valence-electron chi connectivity index (χ3n) is 4.61. The lowest BCUT2D eigenvalue weighted by Crippen LogP contribution is -2.51. The Morgan fingerprint density at radius 2 is 1.88 bits per heavy atom. The number of likely N-dealkylation sites (tertiary alicyclic amines) is 1. The molecular weight excluding hydrogens is 306 g/mol. The van der Waals surface area contributed by atoms with Crippen LogP contribution in [-0.2, 0) is 20.9 Å². The Bertz CT molecular complexity index is 546. The highest BCUT2D eigenvalue weighted by atomic mass is 16.6. The van der Waals surface area contributed by atoms with Gasteiger partial charge in [0.15, 0.2) is 0 Å². The van der Waals surface area contributed by atoms with Gasteiger partial charge in [-0.25, -0.2) is 4.79 Å². The van der Waals surface area contributed by atoms with E-state index in [-0.39, 0.29) is 30.8 Å². The molecule has 0 unspecified atom stereocenters. The standard InChI is InChI=1S/C19H27NO4/c1-14-11-15(2)20(17(12-14)9-10-18(21)23-3)19(22)24-13-16-7-5-4-6-8-16/h4-8,14-15,17H,9-13H2,1-3H3/t14-,15+,17-/m1/s1. The third-order valence-corrected chi connectivity index (χ3v) is 4.61. The highest BCUT2D eigenvalue weighted by Gasteiger charge is 2.35. The molecule has 0 radical (unpaired) electrons. The number of piperidine rings is 1. The van der Waals surface area contributed by atoms with Crippen LogP contribution in [-0.4, -0.2) is 36.2 Å². The Morgan fingerprint density at radius 1 is 1.17 bits per heavy atom. The van der Waals surface area contributed by atoms with Crippen molar-refractivity contribution in [1.29, 1.82) is 0 Å². The van der Waals surface area contributed by atoms with E-state index in [1.54, 1.807) is 0 Å². The summed E-state index contributed by atoms with van der Waals surface area (Å²) in [6, 6.07) is 9.78. The summed E-state index contributed by atoms with van der Waals surface area (Å²) in [5.41, 5.74) is 0.968. The van der Waals surface area contributed by atoms with E-state index < -0.39 is 0 Å². The van der Waals surface area contributed by atoms with Gasteiger partial charge < -0.3 is 14.4 Å². The minimum absolute atomic E-state index is 0.0196. The van der Waals surface area contributed by atoms with Crippen molar-refractivity contribution in [1.82, 2.24) is 4.90 Å². The number of ether oxygens (including phenoxy) is 2. The summed E-state index contributed by atoms with van der Waals surface area (Å²) in [7, 11) is 1.39. The molecule has 1 aromatic rings. The number of nitrogens with zero attached hydrogens (tertiary/aromatic N) is 1. The van der Waals surface area contributed by atoms with Gasteiger partial charge in [0.1, 0.15) is 6.61 Å². The van der Waals surface area contributed by atoms with Gasteiger partial charge in [0.25, 0.3) is 0 Å². The van der Waals surface area contributed by atoms with Crippen molar-refractivity contribution >= 4 is 12.1 Å². The number of esters is 1. The fraction of sp³-hybridized carbons (Fsp3) is 0.579. The zero-order chi connectivity index (χ0) is 17.5. The van der Waals surface area contributed by atoms with Crippen LogP contribution < -0.4 is 0 Å². The third kappa shape index (κ3) is 4.98. The maximum atomic E-state index is 12.6. The molecular formula is C19H27NO4. The van der Waals surface area contributed by atoms with Gasteiger partial charge in [-0.05, 0) is 37.7 Å². The van der Waals surface area contributed by atoms with Crippen LogP contribution in [0.4, 0.5) is 4.79 Å². The molecule has 5 nitrogen and oxygen atoms in total. The summed E-state index contributed by atoms with van der Waals surface area (Å²) >= 11 is 0. The van der Waals surface area contributed by atoms with Crippen LogP contribution in [0, 0.1) is 5.92 Å². The fourth-order valence-corrected chi connectivity index (χ4v) is 3.50. The lowest BCUT2D eigenvalue weighted by molar-refractivity contribution is -0.141. The molecule has 132 valence electrons. The maximum Gasteiger partial charge on any atom is 0.410 e. The Hall–Kier alpha value is -2.04. The smallest absolute Gasteiger partial charge is 0.410 e. The van der Waals surface area contributed by atoms with Gasteiger partial charge in [0.05, 0.1) is 7.11 Å². The molecule has 0 saturated carbocycles. The van der Waals surface area contributed by atoms with E-state index >= 15 is 0 Å². The molecule has 1 fully saturated rings. The zero-order valence-corrected chi connectivity index (χ0v) is 14.7. The number of benzene rings is 1. The van der Waals surface area contributed by atoms with E-state index in [1.165, 1.54) is 7.11 Å². The molecule has 3 atom stereocenters. The first-order valence-electron chi connectivity index (χ1n) is 8.57. The Balaban J connectivity index is 1.98. The average Bonchev–Trinajstić information content (AvgIpc) is 2.58. The number of amides is 1. The molecule has 1 aliphatic rings. The van der Waals surface area contributed by atoms with E-state index in [4.69, 9.17) is 9.47 Å². The van der Waals surface area contributed by atoms with Crippen molar-refractivity contribution in [2.75, 3.05) is 7.11 Å². The van der Waals surface area contributed by atoms with Gasteiger partial charge in [0, 0.05) is 18.5 Å². The molecule has 1 amide bonds. The second-order valence-electron chi connectivity index (χ2n) is 6.64. The van der Waals surface area contributed by atoms with E-state index in [2.05, 4.69) is 6.92 Å². The Kier molecular flexibility index (Phi) is 6.64. The lowest BCUT2D eigenvalue weighted by atomic mass is 9.86. The minimum Gasteiger partial charge on any atom is -0.469 e. The second kappa shape index (κ2) is 8.71. The maximum absolute atomic E-state index is 12.6. The van der Waals surface area contributed by atoms with Gasteiger partial charge in [-0.3, -0.25) is 4.79 Å². The van der Waals surface area contributed by atoms with Gasteiger partial charge in [-0.15, -0.1) is 0 Å². The molecule has 5 heteroatoms. The summed E-state index contributed by atoms with van der Waals surface area (Å²) < 4.78 is 10.2. The molecule has 0 aliphatic carbocycles. The van der Waals surface area contributed by atoms with Crippen LogP contribution in [0.2, 0.25) is 0 Å². The first-order valence-corrected chi connectivity index (χ1v) is 8.57. The van der Waals surface area contributed by atoms with Crippen LogP contribution in [0.1, 0.15) is 45.1 Å². The summed E-state index contributed by atoms with van der Waals surface area (Å²) in [6.45, 7) is 4.50. The molecule has 0 bridgehead atoms. The number of methoxy groups -OCH3 is 1. The van der Waals surface area contributed by atoms with Gasteiger partial charge >= 0.3 is 12.1 Å². The molecule has 1 aliphatic heterocycles. The van der Waals surface area contributed by atoms with E-state index in [9.17, 15) is 9.59 Å². The van der Waals surface area contributed by atoms with E-state index in [0.29, 0.717) is 18.8 Å². The van der Waals surface area contributed by atoms with E-state index in [1.807, 2.05) is 42.2 Å². The number of hydrogen-bond donors (Lipinski definition) is 0. The molecule has 1 heterocycles. The quantitative estimate of drug-likeness (QED) is 0.770. The second-order valence-corrected chi connectivity index (χ2v) is 6.64. The molecule has 0 N–H and O–H groups in total. The molecule has 24 heavy (non-hydrogen) atoms. The highest BCUT2D eigenvalue weighted by Crippen LogP contribution is 2.30. The van der Waals surface area contributed by atoms with Crippen molar-refractivity contribution < 1.29 is 19.1 Å². The first-order chi connectivity index (χ1) is 11.5. The molecule has 2 rings (SSSR count). The van der Waals surface area contributed by atoms with Crippen LogP contribution >= 0.6 is 0 Å². The normalized spacial score (nSPS) is 23.6. The summed E-state index contributed by atoms with van der Waals surface area (Å²) in [5.74, 6) is 0.291. The fourth-order valence-electron chi connectivity index (χ4n) is 3.50. The highest BCUT2D eigenvalue weighted by molar-refractivity contribution is 5.70. The SMILES string of the molecule is COC(=O)CC[C@@H]1C[C@H](C)C[C@H](C)N1C(=O)OCc1ccccc1. The van der Waals surface area contributed by atoms with Gasteiger partial charge in [-0.2, -0.15) is 0 Å². The van der Waals surface area contributed by atoms with Crippen LogP contribution in [0.25, 0.3) is 0 Å². The van der Waals surface area contributed by atoms with Gasteiger partial charge in [0.2, 0.25) is 0 Å². The summed E-state index contributed by atoms with van der Waals surface area (Å²) in [5, 5.41) is 0. The minimum atomic E-state index is -0.298. The Morgan fingerprint density at radius 3 is 2.54 bits per heavy atom. The van der Waals surface area contributed by atoms with Crippen LogP contribution in [0.3, 0.4) is 0 Å². The van der Waals surface area contributed by atoms with Crippen molar-refractivity contribution in [3.05, 3.63) is 35.9 Å². The first kappa shape index (κ1) is 18.3. The molecule has 0 aromatic heterocycles. The monoisotopic (exact) mass is 333 g/mol. The largest absolute Gasteiger partial charge is 0.469 e. The number of hydrogen-bond acceptors (Lipinski definition) is 4. The Labute approximate surface area is 143 Å². The number of carbonyl (C=O) groups is 2. The lowest BCUT2D eigenvalue weighted by Gasteiger charge is -2.42. The predicted octanol–water partition coefficient (Wildman–Crippen LogP) is 3.77. The summed E-state index contributed by atoms with van der Waals surface area (Å²) in [4.78, 5) is 25.9. The zero-order valence-electron chi connectivity index (χ0n) is 14.7. The van der Waals surface area contributed by atoms with Crippen LogP contribution in [0.5, 0.6) is 0 Å². The average molecular weight is 333 g/mol. The van der Waals surface area contributed by atoms with Crippen molar-refractivity contribution in [3.63, 3.8) is 0 Å². The van der Waals surface area contributed by atoms with Crippen LogP contribution in [0.15, 0.2) is 30.3 Å². The summed E-state index contributed by atoms with van der Waals surface area (Å²) in [6.07, 6.45) is 2.48. The number of carbonyl (C=O) groups excluding carboxylic acids is 2. The van der Waals surface area contributed by atoms with Crippen molar-refractivity contribution in [2.24, 2.45) is 5.92 Å². The topological polar surface area (TPSA) is 55.8 Å². The molecule has 0 spiro atoms. The van der Waals surface area contributed by atoms with E-state index in [0.717, 1.165) is 18.4 Å². The van der Waals surface area contributed by atoms with Crippen molar-refractivity contribution in [2.45, 2.75) is 58.2 Å².